The molecule has 0 nitrogen and oxygen atoms in total. The maximum Gasteiger partial charge on any atom is 0.0474 e. The van der Waals surface area contributed by atoms with Crippen LogP contribution in [0.3, 0.4) is 0 Å². The number of fused-ring (bicyclic) bond motifs is 1. The Kier molecular flexibility index (Phi) is 3.43. The Bertz CT molecular complexity index is 536. The number of rotatable bonds is 0. The summed E-state index contributed by atoms with van der Waals surface area (Å²) in [5.74, 6) is 3.06. The zero-order valence-electron chi connectivity index (χ0n) is 11.4. The molecule has 18 heavy (non-hydrogen) atoms. The Morgan fingerprint density at radius 2 is 2.06 bits per heavy atom. The minimum Gasteiger partial charge on any atom is -0.119 e. The van der Waals surface area contributed by atoms with Crippen LogP contribution in [0.5, 0.6) is 0 Å². The van der Waals surface area contributed by atoms with E-state index in [0.717, 1.165) is 6.42 Å². The first-order chi connectivity index (χ1) is 8.55. The lowest BCUT2D eigenvalue weighted by molar-refractivity contribution is 0.453. The smallest absolute Gasteiger partial charge is 0.0474 e. The highest BCUT2D eigenvalue weighted by atomic mass is 14.3. The normalized spacial score (nSPS) is 24.9. The van der Waals surface area contributed by atoms with Crippen LogP contribution in [0.4, 0.5) is 0 Å². The summed E-state index contributed by atoms with van der Waals surface area (Å²) in [6, 6.07) is 6.70. The van der Waals surface area contributed by atoms with Gasteiger partial charge in [0.05, 0.1) is 0 Å². The molecule has 0 aliphatic heterocycles. The van der Waals surface area contributed by atoms with Crippen LogP contribution >= 0.6 is 0 Å². The zero-order valence-corrected chi connectivity index (χ0v) is 11.4. The van der Waals surface area contributed by atoms with Crippen molar-refractivity contribution < 1.29 is 0 Å². The largest absolute Gasteiger partial charge is 0.119 e. The summed E-state index contributed by atoms with van der Waals surface area (Å²) in [4.78, 5) is 0. The summed E-state index contributed by atoms with van der Waals surface area (Å²) in [6.07, 6.45) is 15.2. The van der Waals surface area contributed by atoms with Crippen molar-refractivity contribution in [3.8, 4) is 12.3 Å². The average Bonchev–Trinajstić information content (AvgIpc) is 2.39. The predicted octanol–water partition coefficient (Wildman–Crippen LogP) is 4.19. The van der Waals surface area contributed by atoms with Gasteiger partial charge in [-0.2, -0.15) is 0 Å². The standard InChI is InChI=1S/C18H20/c1-5-16-10-8-6-7-9-15-12-11-14(2)13-17(15)18(16,3)4/h1,6-8,10-13,16H,9H2,2-4H3/b7-6-,10-8-. The molecule has 1 aliphatic carbocycles. The molecule has 0 amide bonds. The first-order valence-electron chi connectivity index (χ1n) is 6.45. The molecule has 2 rings (SSSR count). The third-order valence-electron chi connectivity index (χ3n) is 3.81. The highest BCUT2D eigenvalue weighted by Crippen LogP contribution is 2.36. The molecule has 0 heteroatoms. The van der Waals surface area contributed by atoms with Crippen molar-refractivity contribution in [2.75, 3.05) is 0 Å². The molecular weight excluding hydrogens is 216 g/mol. The molecule has 1 aromatic carbocycles. The number of aryl methyl sites for hydroxylation is 1. The van der Waals surface area contributed by atoms with E-state index in [-0.39, 0.29) is 11.3 Å². The van der Waals surface area contributed by atoms with Crippen LogP contribution in [0.1, 0.15) is 30.5 Å². The third kappa shape index (κ3) is 2.27. The minimum atomic E-state index is -0.0291. The third-order valence-corrected chi connectivity index (χ3v) is 3.81. The lowest BCUT2D eigenvalue weighted by atomic mass is 9.71. The van der Waals surface area contributed by atoms with Crippen LogP contribution in [0.25, 0.3) is 0 Å². The predicted molar refractivity (Wildman–Crippen MR) is 78.5 cm³/mol. The van der Waals surface area contributed by atoms with Crippen LogP contribution in [0, 0.1) is 25.2 Å². The summed E-state index contributed by atoms with van der Waals surface area (Å²) < 4.78 is 0. The van der Waals surface area contributed by atoms with E-state index in [9.17, 15) is 0 Å². The Morgan fingerprint density at radius 3 is 2.78 bits per heavy atom. The zero-order chi connectivity index (χ0) is 13.2. The number of terminal acetylenes is 1. The molecule has 0 bridgehead atoms. The van der Waals surface area contributed by atoms with Crippen molar-refractivity contribution in [1.82, 2.24) is 0 Å². The fraction of sp³-hybridized carbons (Fsp3) is 0.333. The summed E-state index contributed by atoms with van der Waals surface area (Å²) in [6.45, 7) is 6.62. The van der Waals surface area contributed by atoms with Crippen LogP contribution in [0.15, 0.2) is 42.5 Å². The van der Waals surface area contributed by atoms with E-state index >= 15 is 0 Å². The second-order valence-electron chi connectivity index (χ2n) is 5.54. The lowest BCUT2D eigenvalue weighted by Gasteiger charge is -2.32. The Morgan fingerprint density at radius 1 is 1.28 bits per heavy atom. The van der Waals surface area contributed by atoms with Gasteiger partial charge in [0.1, 0.15) is 0 Å². The van der Waals surface area contributed by atoms with E-state index in [1.54, 1.807) is 0 Å². The summed E-state index contributed by atoms with van der Waals surface area (Å²) in [5, 5.41) is 0. The molecule has 1 aromatic rings. The molecule has 0 aromatic heterocycles. The molecule has 1 unspecified atom stereocenters. The molecule has 0 N–H and O–H groups in total. The van der Waals surface area contributed by atoms with E-state index in [1.807, 2.05) is 0 Å². The Labute approximate surface area is 110 Å². The average molecular weight is 236 g/mol. The Balaban J connectivity index is 2.63. The maximum absolute atomic E-state index is 5.72. The molecule has 0 heterocycles. The van der Waals surface area contributed by atoms with Gasteiger partial charge >= 0.3 is 0 Å². The van der Waals surface area contributed by atoms with Crippen molar-refractivity contribution in [2.24, 2.45) is 5.92 Å². The molecule has 0 saturated carbocycles. The topological polar surface area (TPSA) is 0 Å². The molecule has 0 fully saturated rings. The van der Waals surface area contributed by atoms with Gasteiger partial charge in [-0.15, -0.1) is 6.42 Å². The Hall–Kier alpha value is -1.74. The van der Waals surface area contributed by atoms with E-state index in [1.165, 1.54) is 16.7 Å². The van der Waals surface area contributed by atoms with Crippen molar-refractivity contribution >= 4 is 0 Å². The molecule has 92 valence electrons. The number of benzene rings is 1. The number of hydrogen-bond donors (Lipinski definition) is 0. The fourth-order valence-corrected chi connectivity index (χ4v) is 2.59. The second kappa shape index (κ2) is 4.86. The lowest BCUT2D eigenvalue weighted by Crippen LogP contribution is -2.27. The number of allylic oxidation sites excluding steroid dienone is 4. The first-order valence-corrected chi connectivity index (χ1v) is 6.45. The van der Waals surface area contributed by atoms with Gasteiger partial charge in [0, 0.05) is 11.3 Å². The molecule has 1 aliphatic rings. The van der Waals surface area contributed by atoms with E-state index in [4.69, 9.17) is 6.42 Å². The molecule has 0 spiro atoms. The van der Waals surface area contributed by atoms with Crippen molar-refractivity contribution in [3.05, 3.63) is 59.2 Å². The molecule has 0 radical (unpaired) electrons. The van der Waals surface area contributed by atoms with Crippen molar-refractivity contribution in [1.29, 1.82) is 0 Å². The summed E-state index contributed by atoms with van der Waals surface area (Å²) in [5.41, 5.74) is 4.02. The molecule has 0 saturated heterocycles. The monoisotopic (exact) mass is 236 g/mol. The first kappa shape index (κ1) is 12.7. The molecule has 1 atom stereocenters. The summed E-state index contributed by atoms with van der Waals surface area (Å²) >= 11 is 0. The van der Waals surface area contributed by atoms with Crippen LogP contribution in [0.2, 0.25) is 0 Å². The van der Waals surface area contributed by atoms with E-state index in [2.05, 4.69) is 69.2 Å². The van der Waals surface area contributed by atoms with Crippen LogP contribution < -0.4 is 0 Å². The number of hydrogen-bond acceptors (Lipinski definition) is 0. The van der Waals surface area contributed by atoms with Gasteiger partial charge in [-0.1, -0.05) is 67.8 Å². The van der Waals surface area contributed by atoms with E-state index in [0.29, 0.717) is 0 Å². The van der Waals surface area contributed by atoms with Gasteiger partial charge < -0.3 is 0 Å². The van der Waals surface area contributed by atoms with Crippen LogP contribution in [-0.4, -0.2) is 0 Å². The van der Waals surface area contributed by atoms with Gasteiger partial charge in [0.25, 0.3) is 0 Å². The van der Waals surface area contributed by atoms with Gasteiger partial charge in [-0.25, -0.2) is 0 Å². The van der Waals surface area contributed by atoms with Crippen molar-refractivity contribution in [3.63, 3.8) is 0 Å². The van der Waals surface area contributed by atoms with Gasteiger partial charge in [-0.05, 0) is 24.5 Å². The fourth-order valence-electron chi connectivity index (χ4n) is 2.59. The van der Waals surface area contributed by atoms with Gasteiger partial charge in [0.15, 0.2) is 0 Å². The van der Waals surface area contributed by atoms with Crippen LogP contribution in [-0.2, 0) is 11.8 Å². The highest BCUT2D eigenvalue weighted by Gasteiger charge is 2.30. The SMILES string of the molecule is C#CC1/C=C\C=C/Cc2ccc(C)cc2C1(C)C. The highest BCUT2D eigenvalue weighted by molar-refractivity contribution is 5.41. The minimum absolute atomic E-state index is 0.0291. The quantitative estimate of drug-likeness (QED) is 0.592. The van der Waals surface area contributed by atoms with Gasteiger partial charge in [-0.3, -0.25) is 0 Å². The summed E-state index contributed by atoms with van der Waals surface area (Å²) in [7, 11) is 0. The second-order valence-corrected chi connectivity index (χ2v) is 5.54. The maximum atomic E-state index is 5.72. The molecular formula is C18H20. The van der Waals surface area contributed by atoms with E-state index < -0.39 is 0 Å². The van der Waals surface area contributed by atoms with Crippen molar-refractivity contribution in [2.45, 2.75) is 32.6 Å². The van der Waals surface area contributed by atoms with Gasteiger partial charge in [0.2, 0.25) is 0 Å².